The van der Waals surface area contributed by atoms with Gasteiger partial charge in [0.2, 0.25) is 0 Å². The fraction of sp³-hybridized carbons (Fsp3) is 0.535. The molecule has 0 unspecified atom stereocenters. The van der Waals surface area contributed by atoms with Crippen LogP contribution in [0.15, 0.2) is 109 Å². The van der Waals surface area contributed by atoms with Crippen LogP contribution in [0.5, 0.6) is 0 Å². The maximum atomic E-state index is 11.9. The van der Waals surface area contributed by atoms with E-state index in [1.165, 1.54) is 25.7 Å². The Morgan fingerprint density at radius 3 is 1.10 bits per heavy atom. The normalized spacial score (nSPS) is 13.5. The van der Waals surface area contributed by atoms with Crippen molar-refractivity contribution in [1.29, 1.82) is 0 Å². The molecule has 48 heavy (non-hydrogen) atoms. The molecule has 0 aliphatic carbocycles. The molecule has 0 aromatic rings. The van der Waals surface area contributed by atoms with Crippen molar-refractivity contribution < 1.29 is 24.2 Å². The zero-order valence-electron chi connectivity index (χ0n) is 30.2. The summed E-state index contributed by atoms with van der Waals surface area (Å²) in [6.45, 7) is 4.03. The molecule has 0 heterocycles. The van der Waals surface area contributed by atoms with Crippen LogP contribution in [0, 0.1) is 0 Å². The standard InChI is InChI=1S/C43H66O5/c1-3-5-7-9-11-13-15-17-19-21-23-25-27-29-31-33-35-37-42(45)47-39-41(44)40-48-43(46)38-36-34-32-30-28-26-24-22-20-18-16-14-12-10-8-6-4-2/h5,7,11-14,17-20,23-26,29-32,41,44H,3-4,6,8-10,15-16,21-22,27-28,33-40H2,1-2H3/b7-5-,13-11-,14-12-,19-17-,20-18-,25-23-,26-24-,31-29-,32-30-/t41-/m0/s1. The minimum Gasteiger partial charge on any atom is -0.463 e. The van der Waals surface area contributed by atoms with Crippen molar-refractivity contribution in [3.05, 3.63) is 109 Å². The Morgan fingerprint density at radius 1 is 0.458 bits per heavy atom. The molecule has 0 amide bonds. The zero-order valence-corrected chi connectivity index (χ0v) is 30.2. The van der Waals surface area contributed by atoms with E-state index in [2.05, 4.69) is 123 Å². The number of aliphatic hydroxyl groups is 1. The number of carbonyl (C=O) groups is 2. The molecule has 1 N–H and O–H groups in total. The van der Waals surface area contributed by atoms with Gasteiger partial charge in [-0.2, -0.15) is 0 Å². The largest absolute Gasteiger partial charge is 0.463 e. The number of allylic oxidation sites excluding steroid dienone is 18. The Balaban J connectivity index is 3.69. The summed E-state index contributed by atoms with van der Waals surface area (Å²) in [4.78, 5) is 23.8. The molecule has 0 bridgehead atoms. The first-order chi connectivity index (χ1) is 23.6. The summed E-state index contributed by atoms with van der Waals surface area (Å²) in [5.74, 6) is -0.708. The summed E-state index contributed by atoms with van der Waals surface area (Å²) in [6.07, 6.45) is 54.3. The second kappa shape index (κ2) is 38.0. The topological polar surface area (TPSA) is 72.8 Å². The van der Waals surface area contributed by atoms with Gasteiger partial charge < -0.3 is 14.6 Å². The lowest BCUT2D eigenvalue weighted by Crippen LogP contribution is -2.25. The number of aliphatic hydroxyl groups excluding tert-OH is 1. The van der Waals surface area contributed by atoms with Gasteiger partial charge in [0.1, 0.15) is 19.3 Å². The average molecular weight is 663 g/mol. The number of rotatable bonds is 31. The van der Waals surface area contributed by atoms with Gasteiger partial charge in [0.25, 0.3) is 0 Å². The first-order valence-electron chi connectivity index (χ1n) is 18.4. The summed E-state index contributed by atoms with van der Waals surface area (Å²) in [5.41, 5.74) is 0. The van der Waals surface area contributed by atoms with Crippen LogP contribution in [0.2, 0.25) is 0 Å². The lowest BCUT2D eigenvalue weighted by molar-refractivity contribution is -0.152. The summed E-state index contributed by atoms with van der Waals surface area (Å²) < 4.78 is 10.2. The summed E-state index contributed by atoms with van der Waals surface area (Å²) >= 11 is 0. The molecular formula is C43H66O5. The average Bonchev–Trinajstić information content (AvgIpc) is 3.09. The van der Waals surface area contributed by atoms with Crippen LogP contribution in [-0.2, 0) is 19.1 Å². The molecule has 1 atom stereocenters. The van der Waals surface area contributed by atoms with Crippen molar-refractivity contribution in [3.8, 4) is 0 Å². The molecular weight excluding hydrogens is 596 g/mol. The van der Waals surface area contributed by atoms with Gasteiger partial charge in [-0.1, -0.05) is 136 Å². The Hall–Kier alpha value is -3.44. The molecule has 0 rings (SSSR count). The van der Waals surface area contributed by atoms with E-state index in [0.717, 1.165) is 64.2 Å². The third-order valence-electron chi connectivity index (χ3n) is 6.99. The van der Waals surface area contributed by atoms with Crippen LogP contribution in [0.1, 0.15) is 129 Å². The highest BCUT2D eigenvalue weighted by molar-refractivity contribution is 5.69. The lowest BCUT2D eigenvalue weighted by atomic mass is 10.2. The Kier molecular flexibility index (Phi) is 35.3. The molecule has 0 spiro atoms. The molecule has 0 radical (unpaired) electrons. The van der Waals surface area contributed by atoms with E-state index in [9.17, 15) is 14.7 Å². The van der Waals surface area contributed by atoms with Crippen molar-refractivity contribution in [1.82, 2.24) is 0 Å². The van der Waals surface area contributed by atoms with Crippen molar-refractivity contribution in [3.63, 3.8) is 0 Å². The summed E-state index contributed by atoms with van der Waals surface area (Å²) in [6, 6.07) is 0. The number of ether oxygens (including phenoxy) is 2. The molecule has 0 aromatic heterocycles. The fourth-order valence-corrected chi connectivity index (χ4v) is 4.23. The highest BCUT2D eigenvalue weighted by Gasteiger charge is 2.11. The van der Waals surface area contributed by atoms with Crippen LogP contribution in [0.3, 0.4) is 0 Å². The van der Waals surface area contributed by atoms with Gasteiger partial charge in [-0.05, 0) is 89.9 Å². The lowest BCUT2D eigenvalue weighted by Gasteiger charge is -2.11. The number of carbonyl (C=O) groups excluding carboxylic acids is 2. The molecule has 0 saturated heterocycles. The second-order valence-electron chi connectivity index (χ2n) is 11.6. The number of hydrogen-bond acceptors (Lipinski definition) is 5. The maximum Gasteiger partial charge on any atom is 0.305 e. The molecule has 0 aliphatic rings. The van der Waals surface area contributed by atoms with Crippen molar-refractivity contribution in [2.75, 3.05) is 13.2 Å². The van der Waals surface area contributed by atoms with Gasteiger partial charge in [-0.25, -0.2) is 0 Å². The summed E-state index contributed by atoms with van der Waals surface area (Å²) in [5, 5.41) is 9.98. The first kappa shape index (κ1) is 44.6. The quantitative estimate of drug-likeness (QED) is 0.0454. The third kappa shape index (κ3) is 37.0. The van der Waals surface area contributed by atoms with E-state index >= 15 is 0 Å². The van der Waals surface area contributed by atoms with Crippen LogP contribution in [-0.4, -0.2) is 36.4 Å². The number of hydrogen-bond donors (Lipinski definition) is 1. The smallest absolute Gasteiger partial charge is 0.305 e. The second-order valence-corrected chi connectivity index (χ2v) is 11.6. The Labute approximate surface area is 293 Å². The SMILES string of the molecule is CC/C=C\C/C=C\C/C=C\C/C=C\C/C=C\CCCC(=O)OC[C@H](O)COC(=O)CCC/C=C\C/C=C\C/C=C\C/C=C\CCCCC. The predicted molar refractivity (Wildman–Crippen MR) is 205 cm³/mol. The van der Waals surface area contributed by atoms with E-state index in [1.54, 1.807) is 0 Å². The predicted octanol–water partition coefficient (Wildman–Crippen LogP) is 11.5. The maximum absolute atomic E-state index is 11.9. The molecule has 5 nitrogen and oxygen atoms in total. The van der Waals surface area contributed by atoms with Gasteiger partial charge in [0.15, 0.2) is 0 Å². The van der Waals surface area contributed by atoms with Gasteiger partial charge in [0, 0.05) is 12.8 Å². The third-order valence-corrected chi connectivity index (χ3v) is 6.99. The van der Waals surface area contributed by atoms with Crippen molar-refractivity contribution >= 4 is 11.9 Å². The Bertz CT molecular complexity index is 1020. The molecule has 0 fully saturated rings. The van der Waals surface area contributed by atoms with Gasteiger partial charge in [-0.15, -0.1) is 0 Å². The minimum absolute atomic E-state index is 0.170. The van der Waals surface area contributed by atoms with Gasteiger partial charge in [-0.3, -0.25) is 9.59 Å². The number of unbranched alkanes of at least 4 members (excludes halogenated alkanes) is 5. The molecule has 0 aliphatic heterocycles. The Morgan fingerprint density at radius 2 is 0.771 bits per heavy atom. The van der Waals surface area contributed by atoms with Gasteiger partial charge >= 0.3 is 11.9 Å². The highest BCUT2D eigenvalue weighted by atomic mass is 16.6. The summed E-state index contributed by atoms with van der Waals surface area (Å²) in [7, 11) is 0. The highest BCUT2D eigenvalue weighted by Crippen LogP contribution is 2.04. The first-order valence-corrected chi connectivity index (χ1v) is 18.4. The minimum atomic E-state index is -1.02. The van der Waals surface area contributed by atoms with Crippen LogP contribution < -0.4 is 0 Å². The molecule has 268 valence electrons. The zero-order chi connectivity index (χ0) is 35.0. The van der Waals surface area contributed by atoms with E-state index in [1.807, 2.05) is 0 Å². The van der Waals surface area contributed by atoms with Crippen LogP contribution in [0.4, 0.5) is 0 Å². The fourth-order valence-electron chi connectivity index (χ4n) is 4.23. The van der Waals surface area contributed by atoms with Crippen molar-refractivity contribution in [2.24, 2.45) is 0 Å². The monoisotopic (exact) mass is 662 g/mol. The molecule has 5 heteroatoms. The van der Waals surface area contributed by atoms with Crippen LogP contribution >= 0.6 is 0 Å². The van der Waals surface area contributed by atoms with E-state index in [0.29, 0.717) is 19.3 Å². The van der Waals surface area contributed by atoms with Gasteiger partial charge in [0.05, 0.1) is 0 Å². The molecule has 0 aromatic carbocycles. The number of esters is 2. The van der Waals surface area contributed by atoms with E-state index in [-0.39, 0.29) is 31.6 Å². The van der Waals surface area contributed by atoms with E-state index in [4.69, 9.17) is 9.47 Å². The van der Waals surface area contributed by atoms with E-state index < -0.39 is 6.10 Å². The molecule has 0 saturated carbocycles. The van der Waals surface area contributed by atoms with Crippen LogP contribution in [0.25, 0.3) is 0 Å². The van der Waals surface area contributed by atoms with Crippen molar-refractivity contribution in [2.45, 2.75) is 136 Å².